The molecule has 168 valence electrons. The molecule has 1 amide bonds. The number of para-hydroxylation sites is 1. The third kappa shape index (κ3) is 5.60. The summed E-state index contributed by atoms with van der Waals surface area (Å²) < 4.78 is 27.8. The van der Waals surface area contributed by atoms with Crippen molar-refractivity contribution in [1.29, 1.82) is 0 Å². The molecule has 0 radical (unpaired) electrons. The molecule has 0 saturated carbocycles. The van der Waals surface area contributed by atoms with E-state index < -0.39 is 10.0 Å². The first-order chi connectivity index (χ1) is 15.4. The Hall–Kier alpha value is -2.59. The van der Waals surface area contributed by atoms with E-state index in [4.69, 9.17) is 0 Å². The molecule has 7 nitrogen and oxygen atoms in total. The van der Waals surface area contributed by atoms with Crippen LogP contribution >= 0.6 is 11.3 Å². The van der Waals surface area contributed by atoms with Crippen LogP contribution in [0.5, 0.6) is 0 Å². The minimum atomic E-state index is -3.48. The third-order valence-corrected chi connectivity index (χ3v) is 8.00. The van der Waals surface area contributed by atoms with E-state index in [0.29, 0.717) is 32.7 Å². The van der Waals surface area contributed by atoms with E-state index in [0.717, 1.165) is 20.8 Å². The summed E-state index contributed by atoms with van der Waals surface area (Å²) in [6, 6.07) is 17.3. The van der Waals surface area contributed by atoms with Gasteiger partial charge in [0.2, 0.25) is 15.9 Å². The van der Waals surface area contributed by atoms with Crippen molar-refractivity contribution in [2.45, 2.75) is 6.54 Å². The maximum Gasteiger partial charge on any atom is 0.236 e. The monoisotopic (exact) mass is 470 g/mol. The summed E-state index contributed by atoms with van der Waals surface area (Å²) in [5.74, 6) is 0.00420. The summed E-state index contributed by atoms with van der Waals surface area (Å²) in [6.45, 7) is 2.54. The highest BCUT2D eigenvalue weighted by Crippen LogP contribution is 2.22. The van der Waals surface area contributed by atoms with Crippen molar-refractivity contribution in [3.8, 4) is 0 Å². The molecule has 2 aromatic carbocycles. The van der Waals surface area contributed by atoms with E-state index in [1.54, 1.807) is 29.4 Å². The van der Waals surface area contributed by atoms with E-state index in [-0.39, 0.29) is 12.5 Å². The molecule has 0 aliphatic carbocycles. The number of benzene rings is 2. The van der Waals surface area contributed by atoms with E-state index in [1.807, 2.05) is 59.5 Å². The van der Waals surface area contributed by atoms with Crippen LogP contribution in [-0.4, -0.2) is 73.2 Å². The van der Waals surface area contributed by atoms with Gasteiger partial charge < -0.3 is 4.90 Å². The van der Waals surface area contributed by atoms with Crippen LogP contribution in [-0.2, 0) is 21.4 Å². The zero-order chi connectivity index (χ0) is 22.6. The van der Waals surface area contributed by atoms with Crippen LogP contribution in [0.2, 0.25) is 0 Å². The van der Waals surface area contributed by atoms with Crippen LogP contribution in [0.1, 0.15) is 10.6 Å². The molecule has 9 heteroatoms. The van der Waals surface area contributed by atoms with Crippen molar-refractivity contribution in [2.24, 2.45) is 0 Å². The molecule has 1 aliphatic heterocycles. The van der Waals surface area contributed by atoms with Gasteiger partial charge in [-0.3, -0.25) is 9.69 Å². The van der Waals surface area contributed by atoms with E-state index in [1.165, 1.54) is 9.71 Å². The summed E-state index contributed by atoms with van der Waals surface area (Å²) in [4.78, 5) is 21.0. The Morgan fingerprint density at radius 3 is 2.47 bits per heavy atom. The zero-order valence-corrected chi connectivity index (χ0v) is 19.6. The van der Waals surface area contributed by atoms with Gasteiger partial charge in [0, 0.05) is 38.6 Å². The molecule has 0 spiro atoms. The quantitative estimate of drug-likeness (QED) is 0.531. The van der Waals surface area contributed by atoms with Crippen molar-refractivity contribution in [3.05, 3.63) is 70.6 Å². The highest BCUT2D eigenvalue weighted by Gasteiger charge is 2.26. The predicted octanol–water partition coefficient (Wildman–Crippen LogP) is 2.87. The first-order valence-electron chi connectivity index (χ1n) is 10.4. The fourth-order valence-corrected chi connectivity index (χ4v) is 5.74. The average molecular weight is 471 g/mol. The maximum atomic E-state index is 12.7. The number of nitrogens with zero attached hydrogens (tertiary/aromatic N) is 4. The smallest absolute Gasteiger partial charge is 0.236 e. The van der Waals surface area contributed by atoms with Gasteiger partial charge in [-0.05, 0) is 23.8 Å². The first-order valence-corrected chi connectivity index (χ1v) is 12.8. The van der Waals surface area contributed by atoms with E-state index in [2.05, 4.69) is 4.98 Å². The Balaban J connectivity index is 1.27. The van der Waals surface area contributed by atoms with Crippen LogP contribution < -0.4 is 0 Å². The lowest BCUT2D eigenvalue weighted by Gasteiger charge is -2.33. The van der Waals surface area contributed by atoms with Crippen molar-refractivity contribution >= 4 is 43.6 Å². The number of hydrogen-bond donors (Lipinski definition) is 0. The minimum Gasteiger partial charge on any atom is -0.338 e. The molecule has 1 fully saturated rings. The number of amides is 1. The van der Waals surface area contributed by atoms with Gasteiger partial charge in [0.05, 0.1) is 23.3 Å². The number of sulfonamides is 1. The molecule has 3 aromatic rings. The molecule has 0 unspecified atom stereocenters. The van der Waals surface area contributed by atoms with E-state index in [9.17, 15) is 13.2 Å². The molecular weight excluding hydrogens is 444 g/mol. The molecule has 2 heterocycles. The van der Waals surface area contributed by atoms with Crippen LogP contribution in [0, 0.1) is 0 Å². The Kier molecular flexibility index (Phi) is 7.00. The Morgan fingerprint density at radius 2 is 1.75 bits per heavy atom. The maximum absolute atomic E-state index is 12.7. The summed E-state index contributed by atoms with van der Waals surface area (Å²) >= 11 is 1.60. The highest BCUT2D eigenvalue weighted by molar-refractivity contribution is 7.92. The second-order valence-corrected chi connectivity index (χ2v) is 10.7. The number of thiazole rings is 1. The number of likely N-dealkylation sites (N-methyl/N-ethyl adjacent to an activating group) is 1. The number of aromatic nitrogens is 1. The van der Waals surface area contributed by atoms with Crippen molar-refractivity contribution in [3.63, 3.8) is 0 Å². The largest absolute Gasteiger partial charge is 0.338 e. The first kappa shape index (κ1) is 22.6. The average Bonchev–Trinajstić information content (AvgIpc) is 3.21. The van der Waals surface area contributed by atoms with Gasteiger partial charge in [-0.15, -0.1) is 11.3 Å². The van der Waals surface area contributed by atoms with Gasteiger partial charge in [0.15, 0.2) is 0 Å². The number of rotatable bonds is 7. The fraction of sp³-hybridized carbons (Fsp3) is 0.304. The van der Waals surface area contributed by atoms with Crippen molar-refractivity contribution < 1.29 is 13.2 Å². The van der Waals surface area contributed by atoms with Crippen LogP contribution in [0.3, 0.4) is 0 Å². The second-order valence-electron chi connectivity index (χ2n) is 7.76. The molecule has 4 rings (SSSR count). The summed E-state index contributed by atoms with van der Waals surface area (Å²) in [5.41, 5.74) is 1.79. The van der Waals surface area contributed by atoms with Crippen LogP contribution in [0.15, 0.2) is 60.0 Å². The number of piperazine rings is 1. The van der Waals surface area contributed by atoms with Gasteiger partial charge in [-0.25, -0.2) is 13.4 Å². The van der Waals surface area contributed by atoms with Gasteiger partial charge >= 0.3 is 0 Å². The summed E-state index contributed by atoms with van der Waals surface area (Å²) in [5, 5.41) is 2.16. The zero-order valence-electron chi connectivity index (χ0n) is 17.9. The molecule has 1 saturated heterocycles. The molecule has 0 N–H and O–H groups in total. The van der Waals surface area contributed by atoms with Crippen molar-refractivity contribution in [1.82, 2.24) is 19.1 Å². The van der Waals surface area contributed by atoms with Gasteiger partial charge in [0.25, 0.3) is 0 Å². The number of fused-ring (bicyclic) bond motifs is 1. The molecule has 0 bridgehead atoms. The SMILES string of the molecule is CN(Cc1nc2ccccc2s1)C(=O)CN1CCN(S(=O)(=O)/C=C/c2ccccc2)CC1. The number of hydrogen-bond acceptors (Lipinski definition) is 6. The lowest BCUT2D eigenvalue weighted by molar-refractivity contribution is -0.131. The molecular formula is C23H26N4O3S2. The fourth-order valence-electron chi connectivity index (χ4n) is 3.55. The standard InChI is InChI=1S/C23H26N4O3S2/c1-25(17-22-24-20-9-5-6-10-21(20)31-22)23(28)18-26-12-14-27(15-13-26)32(29,30)16-11-19-7-3-2-4-8-19/h2-11,16H,12-15,17-18H2,1H3/b16-11+. The Morgan fingerprint density at radius 1 is 1.06 bits per heavy atom. The lowest BCUT2D eigenvalue weighted by atomic mass is 10.2. The molecule has 1 aromatic heterocycles. The summed E-state index contributed by atoms with van der Waals surface area (Å²) in [7, 11) is -1.70. The van der Waals surface area contributed by atoms with E-state index >= 15 is 0 Å². The summed E-state index contributed by atoms with van der Waals surface area (Å²) in [6.07, 6.45) is 1.61. The van der Waals surface area contributed by atoms with Crippen LogP contribution in [0.25, 0.3) is 16.3 Å². The Labute approximate surface area is 192 Å². The van der Waals surface area contributed by atoms with Crippen molar-refractivity contribution in [2.75, 3.05) is 39.8 Å². The van der Waals surface area contributed by atoms with Gasteiger partial charge in [-0.2, -0.15) is 4.31 Å². The third-order valence-electron chi connectivity index (χ3n) is 5.42. The normalized spacial score (nSPS) is 16.0. The number of carbonyl (C=O) groups is 1. The second kappa shape index (κ2) is 9.91. The molecule has 0 atom stereocenters. The molecule has 1 aliphatic rings. The minimum absolute atomic E-state index is 0.00420. The predicted molar refractivity (Wildman–Crippen MR) is 129 cm³/mol. The molecule has 32 heavy (non-hydrogen) atoms. The van der Waals surface area contributed by atoms with Crippen LogP contribution in [0.4, 0.5) is 0 Å². The topological polar surface area (TPSA) is 73.8 Å². The lowest BCUT2D eigenvalue weighted by Crippen LogP contribution is -2.50. The van der Waals surface area contributed by atoms with Gasteiger partial charge in [-0.1, -0.05) is 42.5 Å². The number of carbonyl (C=O) groups excluding carboxylic acids is 1. The van der Waals surface area contributed by atoms with Gasteiger partial charge in [0.1, 0.15) is 5.01 Å². The Bertz CT molecular complexity index is 1170. The highest BCUT2D eigenvalue weighted by atomic mass is 32.2.